The van der Waals surface area contributed by atoms with Gasteiger partial charge in [0.05, 0.1) is 0 Å². The van der Waals surface area contributed by atoms with Crippen molar-refractivity contribution in [3.63, 3.8) is 0 Å². The molecular weight excluding hydrogens is 359 g/mol. The molecule has 1 aliphatic heterocycles. The Morgan fingerprint density at radius 3 is 2.76 bits per heavy atom. The van der Waals surface area contributed by atoms with Gasteiger partial charge in [0, 0.05) is 16.9 Å². The zero-order valence-corrected chi connectivity index (χ0v) is 14.2. The number of carbonyl (C=O) groups is 1. The van der Waals surface area contributed by atoms with Gasteiger partial charge in [0.25, 0.3) is 0 Å². The highest BCUT2D eigenvalue weighted by Gasteiger charge is 2.20. The molecule has 1 heterocycles. The van der Waals surface area contributed by atoms with Gasteiger partial charge < -0.3 is 10.6 Å². The van der Waals surface area contributed by atoms with Crippen LogP contribution in [0.5, 0.6) is 0 Å². The fourth-order valence-corrected chi connectivity index (χ4v) is 2.78. The molecule has 1 aromatic rings. The Hall–Kier alpha value is -0.650. The van der Waals surface area contributed by atoms with Crippen molar-refractivity contribution in [2.75, 3.05) is 19.6 Å². The molecule has 0 atom stereocenters. The molecule has 2 N–H and O–H groups in total. The molecule has 0 saturated carbocycles. The van der Waals surface area contributed by atoms with Crippen LogP contribution in [0.3, 0.4) is 0 Å². The highest BCUT2D eigenvalue weighted by Crippen LogP contribution is 2.16. The van der Waals surface area contributed by atoms with Crippen LogP contribution in [0, 0.1) is 11.7 Å². The molecule has 0 aromatic heterocycles. The topological polar surface area (TPSA) is 41.1 Å². The number of hydrogen-bond donors (Lipinski definition) is 2. The second-order valence-corrected chi connectivity index (χ2v) is 6.07. The molecule has 6 heteroatoms. The van der Waals surface area contributed by atoms with Crippen molar-refractivity contribution in [1.29, 1.82) is 0 Å². The summed E-state index contributed by atoms with van der Waals surface area (Å²) in [6.45, 7) is 2.45. The zero-order chi connectivity index (χ0) is 14.4. The van der Waals surface area contributed by atoms with Crippen LogP contribution < -0.4 is 10.6 Å². The first kappa shape index (κ1) is 18.4. The molecule has 3 nitrogen and oxygen atoms in total. The largest absolute Gasteiger partial charge is 0.356 e. The van der Waals surface area contributed by atoms with Gasteiger partial charge in [-0.1, -0.05) is 22.0 Å². The number of benzene rings is 1. The maximum Gasteiger partial charge on any atom is 0.223 e. The fraction of sp³-hybridized carbons (Fsp3) is 0.533. The van der Waals surface area contributed by atoms with E-state index in [2.05, 4.69) is 26.6 Å². The molecule has 2 rings (SSSR count). The van der Waals surface area contributed by atoms with Crippen molar-refractivity contribution in [2.45, 2.75) is 25.7 Å². The second-order valence-electron chi connectivity index (χ2n) is 5.15. The van der Waals surface area contributed by atoms with Gasteiger partial charge in [0.1, 0.15) is 5.82 Å². The van der Waals surface area contributed by atoms with Gasteiger partial charge >= 0.3 is 0 Å². The van der Waals surface area contributed by atoms with Crippen molar-refractivity contribution in [3.8, 4) is 0 Å². The SMILES string of the molecule is Cl.O=C(NCCCc1ccc(Br)cc1F)C1CCNCC1. The van der Waals surface area contributed by atoms with Crippen molar-refractivity contribution < 1.29 is 9.18 Å². The number of amides is 1. The smallest absolute Gasteiger partial charge is 0.223 e. The van der Waals surface area contributed by atoms with E-state index >= 15 is 0 Å². The minimum absolute atomic E-state index is 0. The Balaban J connectivity index is 0.00000220. The molecule has 1 amide bonds. The summed E-state index contributed by atoms with van der Waals surface area (Å²) in [6, 6.07) is 5.10. The van der Waals surface area contributed by atoms with Gasteiger partial charge in [-0.25, -0.2) is 4.39 Å². The van der Waals surface area contributed by atoms with Crippen molar-refractivity contribution in [3.05, 3.63) is 34.1 Å². The lowest BCUT2D eigenvalue weighted by Crippen LogP contribution is -2.38. The maximum atomic E-state index is 13.6. The Morgan fingerprint density at radius 1 is 1.38 bits per heavy atom. The quantitative estimate of drug-likeness (QED) is 0.772. The first-order valence-electron chi connectivity index (χ1n) is 7.09. The van der Waals surface area contributed by atoms with E-state index in [-0.39, 0.29) is 30.0 Å². The third-order valence-electron chi connectivity index (χ3n) is 3.65. The minimum Gasteiger partial charge on any atom is -0.356 e. The number of hydrogen-bond acceptors (Lipinski definition) is 2. The Morgan fingerprint density at radius 2 is 2.10 bits per heavy atom. The van der Waals surface area contributed by atoms with Crippen LogP contribution in [0.4, 0.5) is 4.39 Å². The summed E-state index contributed by atoms with van der Waals surface area (Å²) < 4.78 is 14.4. The standard InChI is InChI=1S/C15H20BrFN2O.ClH/c16-13-4-3-11(14(17)10-13)2-1-7-19-15(20)12-5-8-18-9-6-12;/h3-4,10,12,18H,1-2,5-9H2,(H,19,20);1H. The molecule has 1 saturated heterocycles. The molecule has 0 spiro atoms. The van der Waals surface area contributed by atoms with Crippen LogP contribution in [0.15, 0.2) is 22.7 Å². The molecule has 118 valence electrons. The molecule has 0 bridgehead atoms. The first-order chi connectivity index (χ1) is 9.66. The Kier molecular flexibility index (Phi) is 8.22. The van der Waals surface area contributed by atoms with Crippen LogP contribution in [0.2, 0.25) is 0 Å². The third-order valence-corrected chi connectivity index (χ3v) is 4.14. The van der Waals surface area contributed by atoms with Gasteiger partial charge in [-0.05, 0) is 56.5 Å². The number of nitrogens with one attached hydrogen (secondary N) is 2. The second kappa shape index (κ2) is 9.38. The normalized spacial score (nSPS) is 15.3. The summed E-state index contributed by atoms with van der Waals surface area (Å²) in [5.41, 5.74) is 0.698. The van der Waals surface area contributed by atoms with Gasteiger partial charge in [-0.3, -0.25) is 4.79 Å². The van der Waals surface area contributed by atoms with E-state index in [4.69, 9.17) is 0 Å². The number of aryl methyl sites for hydroxylation is 1. The van der Waals surface area contributed by atoms with E-state index < -0.39 is 0 Å². The number of piperidine rings is 1. The molecule has 21 heavy (non-hydrogen) atoms. The molecule has 0 unspecified atom stereocenters. The lowest BCUT2D eigenvalue weighted by Gasteiger charge is -2.21. The molecule has 0 aliphatic carbocycles. The van der Waals surface area contributed by atoms with Crippen LogP contribution in [-0.4, -0.2) is 25.5 Å². The number of carbonyl (C=O) groups excluding carboxylic acids is 1. The van der Waals surface area contributed by atoms with E-state index in [1.807, 2.05) is 6.07 Å². The van der Waals surface area contributed by atoms with Gasteiger partial charge in [-0.15, -0.1) is 12.4 Å². The Bertz CT molecular complexity index is 467. The zero-order valence-electron chi connectivity index (χ0n) is 11.8. The van der Waals surface area contributed by atoms with Gasteiger partial charge in [0.15, 0.2) is 0 Å². The number of rotatable bonds is 5. The predicted octanol–water partition coefficient (Wildman–Crippen LogP) is 3.06. The van der Waals surface area contributed by atoms with Gasteiger partial charge in [0.2, 0.25) is 5.91 Å². The van der Waals surface area contributed by atoms with E-state index in [1.165, 1.54) is 6.07 Å². The van der Waals surface area contributed by atoms with Crippen molar-refractivity contribution in [2.24, 2.45) is 5.92 Å². The summed E-state index contributed by atoms with van der Waals surface area (Å²) in [4.78, 5) is 11.9. The lowest BCUT2D eigenvalue weighted by atomic mass is 9.97. The predicted molar refractivity (Wildman–Crippen MR) is 88.3 cm³/mol. The summed E-state index contributed by atoms with van der Waals surface area (Å²) in [6.07, 6.45) is 3.22. The average Bonchev–Trinajstić information content (AvgIpc) is 2.46. The summed E-state index contributed by atoms with van der Waals surface area (Å²) in [7, 11) is 0. The average molecular weight is 380 g/mol. The highest BCUT2D eigenvalue weighted by molar-refractivity contribution is 9.10. The molecule has 1 fully saturated rings. The molecule has 1 aliphatic rings. The van der Waals surface area contributed by atoms with Crippen molar-refractivity contribution in [1.82, 2.24) is 10.6 Å². The molecule has 1 aromatic carbocycles. The Labute approximate surface area is 139 Å². The summed E-state index contributed by atoms with van der Waals surface area (Å²) >= 11 is 3.24. The van der Waals surface area contributed by atoms with Crippen LogP contribution >= 0.6 is 28.3 Å². The van der Waals surface area contributed by atoms with Gasteiger partial charge in [-0.2, -0.15) is 0 Å². The summed E-state index contributed by atoms with van der Waals surface area (Å²) in [5.74, 6) is 0.0903. The molecular formula is C15H21BrClFN2O. The monoisotopic (exact) mass is 378 g/mol. The van der Waals surface area contributed by atoms with Crippen LogP contribution in [0.25, 0.3) is 0 Å². The van der Waals surface area contributed by atoms with Crippen molar-refractivity contribution >= 4 is 34.2 Å². The van der Waals surface area contributed by atoms with E-state index in [0.717, 1.165) is 36.8 Å². The highest BCUT2D eigenvalue weighted by atomic mass is 79.9. The minimum atomic E-state index is -0.191. The first-order valence-corrected chi connectivity index (χ1v) is 7.88. The van der Waals surface area contributed by atoms with Crippen LogP contribution in [-0.2, 0) is 11.2 Å². The summed E-state index contributed by atoms with van der Waals surface area (Å²) in [5, 5.41) is 6.20. The maximum absolute atomic E-state index is 13.6. The van der Waals surface area contributed by atoms with E-state index in [9.17, 15) is 9.18 Å². The number of halogens is 3. The fourth-order valence-electron chi connectivity index (χ4n) is 2.44. The van der Waals surface area contributed by atoms with E-state index in [0.29, 0.717) is 18.5 Å². The van der Waals surface area contributed by atoms with Crippen LogP contribution in [0.1, 0.15) is 24.8 Å². The molecule has 0 radical (unpaired) electrons. The lowest BCUT2D eigenvalue weighted by molar-refractivity contribution is -0.125. The third kappa shape index (κ3) is 5.93. The van der Waals surface area contributed by atoms with E-state index in [1.54, 1.807) is 6.07 Å².